The van der Waals surface area contributed by atoms with Crippen molar-refractivity contribution in [2.24, 2.45) is 5.92 Å². The maximum atomic E-state index is 12.7. The number of nitrogens with zero attached hydrogens (tertiary/aromatic N) is 2. The second-order valence-electron chi connectivity index (χ2n) is 8.10. The number of ether oxygens (including phenoxy) is 2. The van der Waals surface area contributed by atoms with Gasteiger partial charge in [-0.2, -0.15) is 0 Å². The average molecular weight is 417 g/mol. The first-order valence-corrected chi connectivity index (χ1v) is 9.97. The van der Waals surface area contributed by atoms with Gasteiger partial charge in [0, 0.05) is 24.6 Å². The van der Waals surface area contributed by atoms with E-state index in [2.05, 4.69) is 4.98 Å². The van der Waals surface area contributed by atoms with Crippen molar-refractivity contribution in [1.82, 2.24) is 9.88 Å². The van der Waals surface area contributed by atoms with E-state index in [9.17, 15) is 9.59 Å². The van der Waals surface area contributed by atoms with Crippen LogP contribution in [0.1, 0.15) is 43.1 Å². The first kappa shape index (κ1) is 21.1. The number of carbonyl (C=O) groups excluding carboxylic acids is 2. The molecule has 1 amide bonds. The molecule has 1 aliphatic rings. The van der Waals surface area contributed by atoms with Crippen LogP contribution in [0.5, 0.6) is 5.75 Å². The van der Waals surface area contributed by atoms with Gasteiger partial charge in [0.2, 0.25) is 0 Å². The Morgan fingerprint density at radius 1 is 1.24 bits per heavy atom. The summed E-state index contributed by atoms with van der Waals surface area (Å²) in [7, 11) is 0. The molecule has 1 aromatic heterocycles. The molecule has 0 spiro atoms. The number of ketones is 1. The summed E-state index contributed by atoms with van der Waals surface area (Å²) in [5.41, 5.74) is 0.330. The molecule has 0 N–H and O–H groups in total. The fourth-order valence-electron chi connectivity index (χ4n) is 3.09. The molecule has 0 aliphatic carbocycles. The van der Waals surface area contributed by atoms with Crippen molar-refractivity contribution in [2.75, 3.05) is 19.7 Å². The molecule has 154 valence electrons. The van der Waals surface area contributed by atoms with Crippen LogP contribution in [0.15, 0.2) is 42.6 Å². The van der Waals surface area contributed by atoms with E-state index in [4.69, 9.17) is 21.1 Å². The third-order valence-corrected chi connectivity index (χ3v) is 4.82. The van der Waals surface area contributed by atoms with Crippen LogP contribution in [-0.2, 0) is 4.74 Å². The first-order chi connectivity index (χ1) is 13.7. The quantitative estimate of drug-likeness (QED) is 0.526. The summed E-state index contributed by atoms with van der Waals surface area (Å²) in [4.78, 5) is 30.6. The second kappa shape index (κ2) is 8.82. The Balaban J connectivity index is 1.59. The number of rotatable bonds is 5. The lowest BCUT2D eigenvalue weighted by molar-refractivity contribution is 0.0284. The Morgan fingerprint density at radius 3 is 2.66 bits per heavy atom. The number of aromatic nitrogens is 1. The molecule has 2 heterocycles. The van der Waals surface area contributed by atoms with E-state index in [1.807, 2.05) is 26.8 Å². The van der Waals surface area contributed by atoms with Crippen LogP contribution in [0.3, 0.4) is 0 Å². The highest BCUT2D eigenvalue weighted by Gasteiger charge is 2.30. The monoisotopic (exact) mass is 416 g/mol. The predicted molar refractivity (Wildman–Crippen MR) is 111 cm³/mol. The van der Waals surface area contributed by atoms with Gasteiger partial charge in [0.25, 0.3) is 0 Å². The third-order valence-electron chi connectivity index (χ3n) is 4.52. The third kappa shape index (κ3) is 5.70. The number of carbonyl (C=O) groups is 2. The van der Waals surface area contributed by atoms with Crippen LogP contribution in [0.4, 0.5) is 4.79 Å². The minimum absolute atomic E-state index is 0.142. The van der Waals surface area contributed by atoms with E-state index in [0.29, 0.717) is 36.6 Å². The predicted octanol–water partition coefficient (Wildman–Crippen LogP) is 4.60. The number of amides is 1. The molecular formula is C22H25ClN2O4. The Labute approximate surface area is 175 Å². The van der Waals surface area contributed by atoms with Crippen molar-refractivity contribution in [3.05, 3.63) is 58.9 Å². The largest absolute Gasteiger partial charge is 0.492 e. The summed E-state index contributed by atoms with van der Waals surface area (Å²) in [6, 6.07) is 10.5. The normalized spacial score (nSPS) is 16.6. The smallest absolute Gasteiger partial charge is 0.410 e. The van der Waals surface area contributed by atoms with E-state index in [1.165, 1.54) is 6.20 Å². The minimum atomic E-state index is -0.512. The number of halogens is 1. The highest BCUT2D eigenvalue weighted by molar-refractivity contribution is 6.33. The van der Waals surface area contributed by atoms with Crippen LogP contribution >= 0.6 is 11.6 Å². The Kier molecular flexibility index (Phi) is 6.42. The van der Waals surface area contributed by atoms with E-state index in [1.54, 1.807) is 35.2 Å². The molecular weight excluding hydrogens is 392 g/mol. The summed E-state index contributed by atoms with van der Waals surface area (Å²) in [5.74, 6) is 0.460. The van der Waals surface area contributed by atoms with Crippen molar-refractivity contribution >= 4 is 23.5 Å². The van der Waals surface area contributed by atoms with E-state index in [-0.39, 0.29) is 22.9 Å². The van der Waals surface area contributed by atoms with Crippen molar-refractivity contribution in [3.63, 3.8) is 0 Å². The molecule has 1 aliphatic heterocycles. The maximum Gasteiger partial charge on any atom is 0.410 e. The van der Waals surface area contributed by atoms with Crippen molar-refractivity contribution < 1.29 is 19.1 Å². The molecule has 1 aromatic carbocycles. The van der Waals surface area contributed by atoms with Gasteiger partial charge in [-0.3, -0.25) is 4.79 Å². The van der Waals surface area contributed by atoms with E-state index in [0.717, 1.165) is 6.42 Å². The van der Waals surface area contributed by atoms with E-state index < -0.39 is 5.60 Å². The lowest BCUT2D eigenvalue weighted by Crippen LogP contribution is -2.35. The lowest BCUT2D eigenvalue weighted by atomic mass is 10.1. The molecule has 0 saturated carbocycles. The zero-order valence-corrected chi connectivity index (χ0v) is 17.6. The molecule has 7 heteroatoms. The van der Waals surface area contributed by atoms with Crippen LogP contribution in [0.2, 0.25) is 5.15 Å². The summed E-state index contributed by atoms with van der Waals surface area (Å²) < 4.78 is 11.3. The summed E-state index contributed by atoms with van der Waals surface area (Å²) in [6.07, 6.45) is 2.03. The minimum Gasteiger partial charge on any atom is -0.492 e. The van der Waals surface area contributed by atoms with Crippen LogP contribution in [0, 0.1) is 5.92 Å². The summed E-state index contributed by atoms with van der Waals surface area (Å²) in [5, 5.41) is 0.142. The number of hydrogen-bond acceptors (Lipinski definition) is 5. The van der Waals surface area contributed by atoms with Crippen LogP contribution < -0.4 is 4.74 Å². The first-order valence-electron chi connectivity index (χ1n) is 9.59. The lowest BCUT2D eigenvalue weighted by Gasteiger charge is -2.24. The fraction of sp³-hybridized carbons (Fsp3) is 0.409. The van der Waals surface area contributed by atoms with Crippen molar-refractivity contribution in [2.45, 2.75) is 32.8 Å². The molecule has 1 fully saturated rings. The Morgan fingerprint density at radius 2 is 1.97 bits per heavy atom. The fourth-order valence-corrected chi connectivity index (χ4v) is 3.28. The van der Waals surface area contributed by atoms with Gasteiger partial charge in [-0.05, 0) is 33.3 Å². The Bertz CT molecular complexity index is 880. The highest BCUT2D eigenvalue weighted by atomic mass is 35.5. The second-order valence-corrected chi connectivity index (χ2v) is 8.45. The average Bonchev–Trinajstić information content (AvgIpc) is 3.15. The maximum absolute atomic E-state index is 12.7. The number of likely N-dealkylation sites (tertiary alicyclic amines) is 1. The molecule has 2 aromatic rings. The molecule has 29 heavy (non-hydrogen) atoms. The van der Waals surface area contributed by atoms with Crippen LogP contribution in [0.25, 0.3) is 0 Å². The zero-order chi connectivity index (χ0) is 21.0. The Hall–Kier alpha value is -2.60. The molecule has 6 nitrogen and oxygen atoms in total. The molecule has 1 saturated heterocycles. The van der Waals surface area contributed by atoms with Crippen molar-refractivity contribution in [3.8, 4) is 5.75 Å². The topological polar surface area (TPSA) is 68.7 Å². The zero-order valence-electron chi connectivity index (χ0n) is 16.9. The number of hydrogen-bond donors (Lipinski definition) is 0. The molecule has 1 atom stereocenters. The van der Waals surface area contributed by atoms with Gasteiger partial charge >= 0.3 is 6.09 Å². The number of pyridine rings is 1. The van der Waals surface area contributed by atoms with Gasteiger partial charge in [0.05, 0.1) is 18.4 Å². The molecule has 3 rings (SSSR count). The van der Waals surface area contributed by atoms with Crippen molar-refractivity contribution in [1.29, 1.82) is 0 Å². The van der Waals surface area contributed by atoms with Gasteiger partial charge in [0.15, 0.2) is 5.78 Å². The van der Waals surface area contributed by atoms with Gasteiger partial charge in [0.1, 0.15) is 16.5 Å². The molecule has 0 unspecified atom stereocenters. The molecule has 0 bridgehead atoms. The van der Waals surface area contributed by atoms with Gasteiger partial charge in [-0.1, -0.05) is 41.9 Å². The number of benzene rings is 1. The van der Waals surface area contributed by atoms with Gasteiger partial charge < -0.3 is 14.4 Å². The SMILES string of the molecule is CC(C)(C)OC(=O)N1CC[C@@H](COc2cnc(Cl)c(C(=O)c3ccccc3)c2)C1. The van der Waals surface area contributed by atoms with Crippen LogP contribution in [-0.4, -0.2) is 47.1 Å². The molecule has 0 radical (unpaired) electrons. The van der Waals surface area contributed by atoms with Gasteiger partial charge in [-0.15, -0.1) is 0 Å². The summed E-state index contributed by atoms with van der Waals surface area (Å²) in [6.45, 7) is 7.18. The standard InChI is InChI=1S/C22H25ClN2O4/c1-22(2,3)29-21(27)25-10-9-15(13-25)14-28-17-11-18(20(23)24-12-17)19(26)16-7-5-4-6-8-16/h4-8,11-12,15H,9-10,13-14H2,1-3H3/t15-/m1/s1. The highest BCUT2D eigenvalue weighted by Crippen LogP contribution is 2.24. The van der Waals surface area contributed by atoms with Gasteiger partial charge in [-0.25, -0.2) is 9.78 Å². The van der Waals surface area contributed by atoms with E-state index >= 15 is 0 Å². The summed E-state index contributed by atoms with van der Waals surface area (Å²) >= 11 is 6.13.